The predicted molar refractivity (Wildman–Crippen MR) is 83.6 cm³/mol. The molecule has 0 amide bonds. The van der Waals surface area contributed by atoms with E-state index < -0.39 is 9.84 Å². The van der Waals surface area contributed by atoms with Crippen LogP contribution in [-0.4, -0.2) is 37.0 Å². The zero-order chi connectivity index (χ0) is 15.8. The molecule has 2 heterocycles. The molecule has 0 atom stereocenters. The Balaban J connectivity index is 1.73. The van der Waals surface area contributed by atoms with E-state index in [-0.39, 0.29) is 10.5 Å². The second-order valence-corrected chi connectivity index (χ2v) is 9.41. The third-order valence-corrected chi connectivity index (χ3v) is 7.02. The highest BCUT2D eigenvalue weighted by molar-refractivity contribution is 7.91. The molecule has 0 radical (unpaired) electrons. The Kier molecular flexibility index (Phi) is 4.18. The van der Waals surface area contributed by atoms with Gasteiger partial charge in [0.15, 0.2) is 0 Å². The van der Waals surface area contributed by atoms with E-state index in [2.05, 4.69) is 24.0 Å². The highest BCUT2D eigenvalue weighted by Gasteiger charge is 2.35. The molecule has 124 valence electrons. The normalized spacial score (nSPS) is 23.6. The van der Waals surface area contributed by atoms with Crippen LogP contribution in [0.2, 0.25) is 0 Å². The van der Waals surface area contributed by atoms with Crippen molar-refractivity contribution in [1.29, 1.82) is 0 Å². The third-order valence-electron chi connectivity index (χ3n) is 5.02. The van der Waals surface area contributed by atoms with Crippen LogP contribution in [0.3, 0.4) is 0 Å². The van der Waals surface area contributed by atoms with Gasteiger partial charge in [0, 0.05) is 13.1 Å². The lowest BCUT2D eigenvalue weighted by molar-refractivity contribution is 0.270. The number of sulfone groups is 1. The first-order valence-electron chi connectivity index (χ1n) is 8.21. The highest BCUT2D eigenvalue weighted by atomic mass is 32.2. The molecule has 3 rings (SSSR count). The van der Waals surface area contributed by atoms with Gasteiger partial charge in [-0.25, -0.2) is 8.42 Å². The lowest BCUT2D eigenvalue weighted by Crippen LogP contribution is -2.37. The van der Waals surface area contributed by atoms with E-state index in [9.17, 15) is 8.42 Å². The molecule has 0 bridgehead atoms. The monoisotopic (exact) mass is 327 g/mol. The van der Waals surface area contributed by atoms with Crippen molar-refractivity contribution in [3.63, 3.8) is 0 Å². The van der Waals surface area contributed by atoms with Gasteiger partial charge in [-0.15, -0.1) is 0 Å². The number of rotatable bonds is 3. The quantitative estimate of drug-likeness (QED) is 0.849. The maximum absolute atomic E-state index is 12.6. The van der Waals surface area contributed by atoms with Crippen molar-refractivity contribution in [2.24, 2.45) is 5.41 Å². The summed E-state index contributed by atoms with van der Waals surface area (Å²) in [5.41, 5.74) is 0.327. The summed E-state index contributed by atoms with van der Waals surface area (Å²) in [6, 6.07) is 0.352. The lowest BCUT2D eigenvalue weighted by atomic mass is 9.83. The second kappa shape index (κ2) is 5.83. The zero-order valence-electron chi connectivity index (χ0n) is 13.4. The Hall–Kier alpha value is -1.11. The molecule has 1 aliphatic heterocycles. The van der Waals surface area contributed by atoms with Crippen molar-refractivity contribution in [3.8, 4) is 0 Å². The van der Waals surface area contributed by atoms with E-state index in [4.69, 9.17) is 4.42 Å². The Labute approximate surface area is 132 Å². The van der Waals surface area contributed by atoms with E-state index in [1.807, 2.05) is 4.90 Å². The summed E-state index contributed by atoms with van der Waals surface area (Å²) < 4.78 is 30.7. The van der Waals surface area contributed by atoms with Crippen LogP contribution in [0.25, 0.3) is 0 Å². The molecule has 6 nitrogen and oxygen atoms in total. The maximum atomic E-state index is 12.6. The van der Waals surface area contributed by atoms with Crippen LogP contribution >= 0.6 is 0 Å². The number of hydrogen-bond acceptors (Lipinski definition) is 6. The van der Waals surface area contributed by atoms with Crippen molar-refractivity contribution < 1.29 is 12.8 Å². The minimum absolute atomic E-state index is 0.195. The SMILES string of the molecule is CC1(C)CCN(c2nnc(S(=O)(=O)C3CCCCC3)o2)CC1. The van der Waals surface area contributed by atoms with Gasteiger partial charge in [-0.05, 0) is 31.1 Å². The first-order chi connectivity index (χ1) is 10.4. The summed E-state index contributed by atoms with van der Waals surface area (Å²) in [5, 5.41) is 7.26. The third kappa shape index (κ3) is 3.14. The Morgan fingerprint density at radius 3 is 2.36 bits per heavy atom. The van der Waals surface area contributed by atoms with E-state index in [1.54, 1.807) is 0 Å². The summed E-state index contributed by atoms with van der Waals surface area (Å²) >= 11 is 0. The van der Waals surface area contributed by atoms with Gasteiger partial charge in [-0.3, -0.25) is 0 Å². The Morgan fingerprint density at radius 2 is 1.73 bits per heavy atom. The predicted octanol–water partition coefficient (Wildman–Crippen LogP) is 2.80. The fraction of sp³-hybridized carbons (Fsp3) is 0.867. The van der Waals surface area contributed by atoms with Gasteiger partial charge in [-0.1, -0.05) is 43.3 Å². The minimum atomic E-state index is -3.47. The minimum Gasteiger partial charge on any atom is -0.394 e. The number of aromatic nitrogens is 2. The first kappa shape index (κ1) is 15.8. The lowest BCUT2D eigenvalue weighted by Gasteiger charge is -2.35. The van der Waals surface area contributed by atoms with Crippen LogP contribution in [0.4, 0.5) is 6.01 Å². The molecule has 1 aliphatic carbocycles. The van der Waals surface area contributed by atoms with E-state index in [0.717, 1.165) is 45.2 Å². The van der Waals surface area contributed by atoms with Crippen LogP contribution in [0.1, 0.15) is 58.8 Å². The van der Waals surface area contributed by atoms with Gasteiger partial charge in [0.05, 0.1) is 5.25 Å². The topological polar surface area (TPSA) is 76.3 Å². The van der Waals surface area contributed by atoms with E-state index in [1.165, 1.54) is 0 Å². The molecule has 0 unspecified atom stereocenters. The summed E-state index contributed by atoms with van der Waals surface area (Å²) in [6.07, 6.45) is 6.54. The summed E-state index contributed by atoms with van der Waals surface area (Å²) in [6.45, 7) is 6.16. The second-order valence-electron chi connectivity index (χ2n) is 7.31. The van der Waals surface area contributed by atoms with Gasteiger partial charge in [0.1, 0.15) is 0 Å². The molecule has 1 aromatic rings. The number of anilines is 1. The smallest absolute Gasteiger partial charge is 0.337 e. The van der Waals surface area contributed by atoms with E-state index >= 15 is 0 Å². The molecular weight excluding hydrogens is 302 g/mol. The van der Waals surface area contributed by atoms with Crippen LogP contribution < -0.4 is 4.90 Å². The highest BCUT2D eigenvalue weighted by Crippen LogP contribution is 2.33. The molecule has 22 heavy (non-hydrogen) atoms. The molecule has 2 aliphatic rings. The van der Waals surface area contributed by atoms with Crippen LogP contribution in [0, 0.1) is 5.41 Å². The first-order valence-corrected chi connectivity index (χ1v) is 9.75. The summed E-state index contributed by atoms with van der Waals surface area (Å²) in [5.74, 6) is 0. The van der Waals surface area contributed by atoms with Crippen LogP contribution in [-0.2, 0) is 9.84 Å². The number of hydrogen-bond donors (Lipinski definition) is 0. The molecule has 0 spiro atoms. The standard InChI is InChI=1S/C15H25N3O3S/c1-15(2)8-10-18(11-9-15)13-16-17-14(21-13)22(19,20)12-6-4-3-5-7-12/h12H,3-11H2,1-2H3. The van der Waals surface area contributed by atoms with Crippen LogP contribution in [0.5, 0.6) is 0 Å². The summed E-state index contributed by atoms with van der Waals surface area (Å²) in [4.78, 5) is 2.00. The molecule has 0 aromatic carbocycles. The Bertz CT molecular complexity index is 608. The average molecular weight is 327 g/mol. The van der Waals surface area contributed by atoms with Crippen LogP contribution in [0.15, 0.2) is 9.64 Å². The molecule has 1 saturated carbocycles. The Morgan fingerprint density at radius 1 is 1.09 bits per heavy atom. The van der Waals surface area contributed by atoms with Crippen molar-refractivity contribution >= 4 is 15.9 Å². The fourth-order valence-electron chi connectivity index (χ4n) is 3.27. The largest absolute Gasteiger partial charge is 0.394 e. The van der Waals surface area contributed by atoms with Crippen molar-refractivity contribution in [3.05, 3.63) is 0 Å². The van der Waals surface area contributed by atoms with Gasteiger partial charge < -0.3 is 9.32 Å². The van der Waals surface area contributed by atoms with E-state index in [0.29, 0.717) is 24.3 Å². The van der Waals surface area contributed by atoms with Crippen molar-refractivity contribution in [2.75, 3.05) is 18.0 Å². The number of nitrogens with zero attached hydrogens (tertiary/aromatic N) is 3. The molecule has 1 saturated heterocycles. The van der Waals surface area contributed by atoms with Gasteiger partial charge in [0.25, 0.3) is 0 Å². The van der Waals surface area contributed by atoms with Gasteiger partial charge in [0.2, 0.25) is 9.84 Å². The maximum Gasteiger partial charge on any atom is 0.337 e. The average Bonchev–Trinajstić information content (AvgIpc) is 2.99. The molecule has 0 N–H and O–H groups in total. The molecule has 7 heteroatoms. The zero-order valence-corrected chi connectivity index (χ0v) is 14.2. The van der Waals surface area contributed by atoms with Gasteiger partial charge in [-0.2, -0.15) is 0 Å². The molecular formula is C15H25N3O3S. The number of piperidine rings is 1. The molecule has 1 aromatic heterocycles. The molecule has 2 fully saturated rings. The van der Waals surface area contributed by atoms with Gasteiger partial charge >= 0.3 is 11.2 Å². The van der Waals surface area contributed by atoms with Crippen molar-refractivity contribution in [2.45, 2.75) is 69.3 Å². The van der Waals surface area contributed by atoms with Crippen molar-refractivity contribution in [1.82, 2.24) is 10.2 Å². The fourth-order valence-corrected chi connectivity index (χ4v) is 4.85. The summed E-state index contributed by atoms with van der Waals surface area (Å²) in [7, 11) is -3.47.